The van der Waals surface area contributed by atoms with Crippen molar-refractivity contribution in [3.63, 3.8) is 0 Å². The minimum atomic E-state index is -3.66. The van der Waals surface area contributed by atoms with E-state index in [-0.39, 0.29) is 17.4 Å². The fourth-order valence-corrected chi connectivity index (χ4v) is 5.41. The van der Waals surface area contributed by atoms with Gasteiger partial charge < -0.3 is 0 Å². The van der Waals surface area contributed by atoms with Crippen molar-refractivity contribution in [2.24, 2.45) is 0 Å². The molecule has 0 aliphatic heterocycles. The van der Waals surface area contributed by atoms with Gasteiger partial charge in [0.25, 0.3) is 0 Å². The van der Waals surface area contributed by atoms with Crippen LogP contribution in [0, 0.1) is 0 Å². The molecule has 2 aromatic carbocycles. The van der Waals surface area contributed by atoms with Crippen LogP contribution in [0.15, 0.2) is 47.4 Å². The van der Waals surface area contributed by atoms with Crippen LogP contribution in [0.25, 0.3) is 21.3 Å². The number of fused-ring (bicyclic) bond motifs is 2. The Morgan fingerprint density at radius 1 is 1.08 bits per heavy atom. The summed E-state index contributed by atoms with van der Waals surface area (Å²) in [6.07, 6.45) is 0. The highest BCUT2D eigenvalue weighted by Gasteiger charge is 2.21. The zero-order valence-electron chi connectivity index (χ0n) is 13.2. The molecule has 0 bridgehead atoms. The Morgan fingerprint density at radius 2 is 1.88 bits per heavy atom. The highest BCUT2D eigenvalue weighted by atomic mass is 32.2. The van der Waals surface area contributed by atoms with Gasteiger partial charge in [-0.3, -0.25) is 0 Å². The van der Waals surface area contributed by atoms with Crippen LogP contribution >= 0.6 is 23.1 Å². The average molecular weight is 391 g/mol. The molecule has 0 saturated heterocycles. The van der Waals surface area contributed by atoms with Gasteiger partial charge in [0.05, 0.1) is 27.0 Å². The van der Waals surface area contributed by atoms with Crippen molar-refractivity contribution < 1.29 is 8.42 Å². The van der Waals surface area contributed by atoms with E-state index in [1.165, 1.54) is 0 Å². The fourth-order valence-electron chi connectivity index (χ4n) is 2.50. The second-order valence-electron chi connectivity index (χ2n) is 5.66. The zero-order valence-corrected chi connectivity index (χ0v) is 15.7. The number of benzene rings is 2. The molecule has 1 N–H and O–H groups in total. The number of aromatic nitrogens is 3. The summed E-state index contributed by atoms with van der Waals surface area (Å²) >= 11 is 2.60. The van der Waals surface area contributed by atoms with Gasteiger partial charge in [-0.15, -0.1) is 11.3 Å². The van der Waals surface area contributed by atoms with Gasteiger partial charge in [0.1, 0.15) is 15.9 Å². The Bertz CT molecular complexity index is 1120. The van der Waals surface area contributed by atoms with Gasteiger partial charge in [0.2, 0.25) is 10.0 Å². The monoisotopic (exact) mass is 390 g/mol. The number of rotatable bonds is 5. The Balaban J connectivity index is 1.56. The molecule has 4 aromatic rings. The summed E-state index contributed by atoms with van der Waals surface area (Å²) in [6, 6.07) is 12.9. The first-order valence-corrected chi connectivity index (χ1v) is 10.6. The van der Waals surface area contributed by atoms with Crippen LogP contribution in [0.2, 0.25) is 0 Å². The molecule has 2 aromatic heterocycles. The van der Waals surface area contributed by atoms with Crippen molar-refractivity contribution in [2.45, 2.75) is 17.7 Å². The van der Waals surface area contributed by atoms with E-state index in [1.54, 1.807) is 29.5 Å². The molecule has 25 heavy (non-hydrogen) atoms. The van der Waals surface area contributed by atoms with Crippen molar-refractivity contribution >= 4 is 54.3 Å². The topological polar surface area (TPSA) is 84.8 Å². The third-order valence-electron chi connectivity index (χ3n) is 3.85. The zero-order chi connectivity index (χ0) is 17.4. The molecule has 0 unspecified atom stereocenters. The van der Waals surface area contributed by atoms with Crippen molar-refractivity contribution in [3.05, 3.63) is 47.5 Å². The maximum absolute atomic E-state index is 12.7. The SMILES string of the molecule is C[C@H](CNS(=O)(=O)c1cccc2nsnc12)c1nc2ccccc2s1. The van der Waals surface area contributed by atoms with Crippen LogP contribution in [-0.2, 0) is 10.0 Å². The van der Waals surface area contributed by atoms with Crippen LogP contribution in [0.3, 0.4) is 0 Å². The highest BCUT2D eigenvalue weighted by Crippen LogP contribution is 2.27. The summed E-state index contributed by atoms with van der Waals surface area (Å²) in [7, 11) is -3.66. The van der Waals surface area contributed by atoms with Crippen molar-refractivity contribution in [1.29, 1.82) is 0 Å². The number of thiazole rings is 1. The second kappa shape index (κ2) is 6.41. The molecular formula is C16H14N4O2S3. The van der Waals surface area contributed by atoms with E-state index < -0.39 is 10.0 Å². The quantitative estimate of drug-likeness (QED) is 0.565. The van der Waals surface area contributed by atoms with Gasteiger partial charge in [-0.2, -0.15) is 8.75 Å². The Kier molecular flexibility index (Phi) is 4.24. The fraction of sp³-hybridized carbons (Fsp3) is 0.188. The van der Waals surface area contributed by atoms with Gasteiger partial charge in [-0.25, -0.2) is 18.1 Å². The molecule has 0 fully saturated rings. The Morgan fingerprint density at radius 3 is 2.72 bits per heavy atom. The van der Waals surface area contributed by atoms with Crippen LogP contribution in [0.5, 0.6) is 0 Å². The number of nitrogens with zero attached hydrogens (tertiary/aromatic N) is 3. The summed E-state index contributed by atoms with van der Waals surface area (Å²) in [4.78, 5) is 4.75. The van der Waals surface area contributed by atoms with Gasteiger partial charge in [0.15, 0.2) is 0 Å². The predicted molar refractivity (Wildman–Crippen MR) is 101 cm³/mol. The second-order valence-corrected chi connectivity index (χ2v) is 8.99. The van der Waals surface area contributed by atoms with E-state index in [0.29, 0.717) is 11.0 Å². The van der Waals surface area contributed by atoms with E-state index in [9.17, 15) is 8.42 Å². The highest BCUT2D eigenvalue weighted by molar-refractivity contribution is 7.89. The van der Waals surface area contributed by atoms with Crippen molar-refractivity contribution in [1.82, 2.24) is 18.5 Å². The first-order chi connectivity index (χ1) is 12.0. The number of hydrogen-bond donors (Lipinski definition) is 1. The lowest BCUT2D eigenvalue weighted by atomic mass is 10.2. The van der Waals surface area contributed by atoms with E-state index in [0.717, 1.165) is 27.0 Å². The molecular weight excluding hydrogens is 376 g/mol. The van der Waals surface area contributed by atoms with Crippen LogP contribution in [0.1, 0.15) is 17.8 Å². The van der Waals surface area contributed by atoms with Gasteiger partial charge in [-0.05, 0) is 24.3 Å². The lowest BCUT2D eigenvalue weighted by molar-refractivity contribution is 0.575. The standard InChI is InChI=1S/C16H14N4O2S3/c1-10(16-18-11-5-2-3-7-13(11)23-16)9-17-25(21,22)14-8-4-6-12-15(14)20-24-19-12/h2-8,10,17H,9H2,1H3/t10-/m1/s1. The van der Waals surface area contributed by atoms with Gasteiger partial charge >= 0.3 is 0 Å². The van der Waals surface area contributed by atoms with Crippen LogP contribution < -0.4 is 4.72 Å². The summed E-state index contributed by atoms with van der Waals surface area (Å²) in [6.45, 7) is 2.24. The third kappa shape index (κ3) is 3.15. The molecule has 2 heterocycles. The smallest absolute Gasteiger partial charge is 0.241 e. The Labute approximate surface area is 152 Å². The molecule has 0 aliphatic carbocycles. The normalized spacial score (nSPS) is 13.5. The Hall–Kier alpha value is -1.94. The largest absolute Gasteiger partial charge is 0.242 e. The van der Waals surface area contributed by atoms with Gasteiger partial charge in [-0.1, -0.05) is 25.1 Å². The first kappa shape index (κ1) is 16.5. The third-order valence-corrected chi connectivity index (χ3v) is 7.12. The summed E-state index contributed by atoms with van der Waals surface area (Å²) in [5, 5.41) is 0.914. The van der Waals surface area contributed by atoms with E-state index >= 15 is 0 Å². The molecule has 0 aliphatic rings. The van der Waals surface area contributed by atoms with Crippen molar-refractivity contribution in [3.8, 4) is 0 Å². The van der Waals surface area contributed by atoms with Gasteiger partial charge in [0, 0.05) is 12.5 Å². The van der Waals surface area contributed by atoms with Crippen LogP contribution in [-0.4, -0.2) is 28.7 Å². The summed E-state index contributed by atoms with van der Waals surface area (Å²) in [5.74, 6) is -0.0278. The maximum Gasteiger partial charge on any atom is 0.242 e. The number of sulfonamides is 1. The average Bonchev–Trinajstić information content (AvgIpc) is 3.25. The van der Waals surface area contributed by atoms with Crippen LogP contribution in [0.4, 0.5) is 0 Å². The van der Waals surface area contributed by atoms with E-state index in [2.05, 4.69) is 18.5 Å². The minimum absolute atomic E-state index is 0.0278. The number of hydrogen-bond acceptors (Lipinski definition) is 7. The van der Waals surface area contributed by atoms with E-state index in [4.69, 9.17) is 0 Å². The molecule has 1 atom stereocenters. The summed E-state index contributed by atoms with van der Waals surface area (Å²) in [5.41, 5.74) is 1.94. The lowest BCUT2D eigenvalue weighted by Crippen LogP contribution is -2.27. The molecule has 4 rings (SSSR count). The molecule has 0 saturated carbocycles. The molecule has 6 nitrogen and oxygen atoms in total. The molecule has 0 amide bonds. The first-order valence-electron chi connectivity index (χ1n) is 7.61. The molecule has 0 spiro atoms. The summed E-state index contributed by atoms with van der Waals surface area (Å²) < 4.78 is 37.3. The van der Waals surface area contributed by atoms with Crippen molar-refractivity contribution in [2.75, 3.05) is 6.54 Å². The maximum atomic E-state index is 12.7. The van der Waals surface area contributed by atoms with E-state index in [1.807, 2.05) is 31.2 Å². The minimum Gasteiger partial charge on any atom is -0.241 e. The predicted octanol–water partition coefficient (Wildman–Crippen LogP) is 3.38. The number of para-hydroxylation sites is 1. The molecule has 0 radical (unpaired) electrons. The molecule has 128 valence electrons. The molecule has 9 heteroatoms. The lowest BCUT2D eigenvalue weighted by Gasteiger charge is -2.11. The number of nitrogens with one attached hydrogen (secondary N) is 1.